The molecule has 3 rings (SSSR count). The number of hydrogen-bond acceptors (Lipinski definition) is 3. The van der Waals surface area contributed by atoms with Crippen LogP contribution in [0.4, 0.5) is 16.2 Å². The van der Waals surface area contributed by atoms with Crippen LogP contribution in [0.3, 0.4) is 0 Å². The number of rotatable bonds is 5. The molecule has 28 heavy (non-hydrogen) atoms. The van der Waals surface area contributed by atoms with Gasteiger partial charge < -0.3 is 16.0 Å². The van der Waals surface area contributed by atoms with Gasteiger partial charge in [-0.1, -0.05) is 30.3 Å². The van der Waals surface area contributed by atoms with Crippen LogP contribution in [-0.4, -0.2) is 11.9 Å². The smallest absolute Gasteiger partial charge is 0.323 e. The molecule has 0 aliphatic rings. The lowest BCUT2D eigenvalue weighted by atomic mass is 10.1. The van der Waals surface area contributed by atoms with Crippen LogP contribution in [0.1, 0.15) is 21.5 Å². The minimum absolute atomic E-state index is 0.218. The van der Waals surface area contributed by atoms with E-state index in [4.69, 9.17) is 5.26 Å². The number of benzene rings is 3. The predicted molar refractivity (Wildman–Crippen MR) is 108 cm³/mol. The lowest BCUT2D eigenvalue weighted by Gasteiger charge is -2.09. The van der Waals surface area contributed by atoms with Crippen LogP contribution in [0.15, 0.2) is 78.9 Å². The van der Waals surface area contributed by atoms with Crippen LogP contribution in [-0.2, 0) is 6.54 Å². The van der Waals surface area contributed by atoms with E-state index in [9.17, 15) is 9.59 Å². The Balaban J connectivity index is 1.52. The number of nitriles is 1. The van der Waals surface area contributed by atoms with Gasteiger partial charge in [0.05, 0.1) is 11.6 Å². The predicted octanol–water partition coefficient (Wildman–Crippen LogP) is 4.13. The van der Waals surface area contributed by atoms with Crippen LogP contribution < -0.4 is 16.0 Å². The molecule has 0 radical (unpaired) electrons. The largest absolute Gasteiger partial charge is 0.348 e. The minimum atomic E-state index is -0.357. The molecule has 0 saturated carbocycles. The second-order valence-corrected chi connectivity index (χ2v) is 6.01. The number of amides is 3. The highest BCUT2D eigenvalue weighted by atomic mass is 16.2. The number of carbonyl (C=O) groups is 2. The molecule has 0 fully saturated rings. The van der Waals surface area contributed by atoms with E-state index in [2.05, 4.69) is 22.0 Å². The van der Waals surface area contributed by atoms with Crippen molar-refractivity contribution in [1.82, 2.24) is 5.32 Å². The third kappa shape index (κ3) is 5.19. The number of nitrogens with zero attached hydrogens (tertiary/aromatic N) is 1. The molecule has 0 aliphatic heterocycles. The van der Waals surface area contributed by atoms with Gasteiger partial charge in [0, 0.05) is 23.5 Å². The number of carbonyl (C=O) groups excluding carboxylic acids is 2. The van der Waals surface area contributed by atoms with Gasteiger partial charge >= 0.3 is 6.03 Å². The summed E-state index contributed by atoms with van der Waals surface area (Å²) < 4.78 is 0. The standard InChI is InChI=1S/C22H18N4O2/c23-14-16-6-8-17(9-7-16)15-24-21(27)18-10-12-20(13-11-18)26-22(28)25-19-4-2-1-3-5-19/h1-13H,15H2,(H,24,27)(H2,25,26,28). The van der Waals surface area contributed by atoms with E-state index in [1.807, 2.05) is 18.2 Å². The first-order valence-corrected chi connectivity index (χ1v) is 8.64. The second-order valence-electron chi connectivity index (χ2n) is 6.01. The normalized spacial score (nSPS) is 9.82. The van der Waals surface area contributed by atoms with E-state index in [-0.39, 0.29) is 11.9 Å². The summed E-state index contributed by atoms with van der Waals surface area (Å²) in [4.78, 5) is 24.2. The van der Waals surface area contributed by atoms with Crippen LogP contribution in [0.5, 0.6) is 0 Å². The van der Waals surface area contributed by atoms with Crippen molar-refractivity contribution in [1.29, 1.82) is 5.26 Å². The van der Waals surface area contributed by atoms with Crippen molar-refractivity contribution >= 4 is 23.3 Å². The average Bonchev–Trinajstić information content (AvgIpc) is 2.73. The molecule has 3 amide bonds. The van der Waals surface area contributed by atoms with E-state index in [0.717, 1.165) is 5.56 Å². The van der Waals surface area contributed by atoms with E-state index in [0.29, 0.717) is 29.0 Å². The van der Waals surface area contributed by atoms with E-state index < -0.39 is 0 Å². The maximum Gasteiger partial charge on any atom is 0.323 e. The number of hydrogen-bond donors (Lipinski definition) is 3. The van der Waals surface area contributed by atoms with E-state index in [1.165, 1.54) is 0 Å². The lowest BCUT2D eigenvalue weighted by molar-refractivity contribution is 0.0951. The molecule has 0 bridgehead atoms. The molecule has 3 N–H and O–H groups in total. The molecular weight excluding hydrogens is 352 g/mol. The fourth-order valence-corrected chi connectivity index (χ4v) is 2.50. The lowest BCUT2D eigenvalue weighted by Crippen LogP contribution is -2.23. The molecule has 6 nitrogen and oxygen atoms in total. The minimum Gasteiger partial charge on any atom is -0.348 e. The first kappa shape index (κ1) is 18.7. The zero-order chi connectivity index (χ0) is 19.8. The third-order valence-electron chi connectivity index (χ3n) is 3.97. The number of anilines is 2. The quantitative estimate of drug-likeness (QED) is 0.630. The van der Waals surface area contributed by atoms with Gasteiger partial charge in [0.15, 0.2) is 0 Å². The van der Waals surface area contributed by atoms with Crippen molar-refractivity contribution in [2.45, 2.75) is 6.54 Å². The van der Waals surface area contributed by atoms with Crippen LogP contribution in [0.25, 0.3) is 0 Å². The average molecular weight is 370 g/mol. The molecular formula is C22H18N4O2. The molecule has 138 valence electrons. The van der Waals surface area contributed by atoms with E-state index >= 15 is 0 Å². The Bertz CT molecular complexity index is 991. The van der Waals surface area contributed by atoms with Gasteiger partial charge in [-0.05, 0) is 54.1 Å². The molecule has 0 unspecified atom stereocenters. The Hall–Kier alpha value is -4.11. The SMILES string of the molecule is N#Cc1ccc(CNC(=O)c2ccc(NC(=O)Nc3ccccc3)cc2)cc1. The summed E-state index contributed by atoms with van der Waals surface area (Å²) >= 11 is 0. The van der Waals surface area contributed by atoms with Crippen molar-refractivity contribution in [3.05, 3.63) is 95.6 Å². The summed E-state index contributed by atoms with van der Waals surface area (Å²) in [5.41, 5.74) is 3.25. The fraction of sp³-hybridized carbons (Fsp3) is 0.0455. The Labute approximate surface area is 162 Å². The Morgan fingerprint density at radius 2 is 1.39 bits per heavy atom. The Morgan fingerprint density at radius 3 is 2.00 bits per heavy atom. The number of para-hydroxylation sites is 1. The van der Waals surface area contributed by atoms with E-state index in [1.54, 1.807) is 60.7 Å². The molecule has 0 saturated heterocycles. The first-order valence-electron chi connectivity index (χ1n) is 8.64. The maximum atomic E-state index is 12.3. The van der Waals surface area contributed by atoms with Gasteiger partial charge in [0.2, 0.25) is 0 Å². The number of nitrogens with one attached hydrogen (secondary N) is 3. The maximum absolute atomic E-state index is 12.3. The second kappa shape index (κ2) is 9.01. The van der Waals surface area contributed by atoms with Crippen molar-refractivity contribution in [2.75, 3.05) is 10.6 Å². The summed E-state index contributed by atoms with van der Waals surface area (Å²) in [5, 5.41) is 17.1. The third-order valence-corrected chi connectivity index (χ3v) is 3.97. The molecule has 0 aromatic heterocycles. The zero-order valence-corrected chi connectivity index (χ0v) is 15.0. The van der Waals surface area contributed by atoms with Crippen molar-refractivity contribution in [2.24, 2.45) is 0 Å². The van der Waals surface area contributed by atoms with Crippen LogP contribution in [0.2, 0.25) is 0 Å². The highest BCUT2D eigenvalue weighted by Gasteiger charge is 2.07. The van der Waals surface area contributed by atoms with Gasteiger partial charge in [-0.15, -0.1) is 0 Å². The molecule has 0 spiro atoms. The highest BCUT2D eigenvalue weighted by molar-refractivity contribution is 6.00. The van der Waals surface area contributed by atoms with Crippen molar-refractivity contribution < 1.29 is 9.59 Å². The fourth-order valence-electron chi connectivity index (χ4n) is 2.50. The highest BCUT2D eigenvalue weighted by Crippen LogP contribution is 2.12. The Morgan fingerprint density at radius 1 is 0.786 bits per heavy atom. The summed E-state index contributed by atoms with van der Waals surface area (Å²) in [7, 11) is 0. The van der Waals surface area contributed by atoms with Gasteiger partial charge in [-0.3, -0.25) is 4.79 Å². The van der Waals surface area contributed by atoms with Crippen LogP contribution >= 0.6 is 0 Å². The van der Waals surface area contributed by atoms with Gasteiger partial charge in [-0.2, -0.15) is 5.26 Å². The van der Waals surface area contributed by atoms with Crippen molar-refractivity contribution in [3.8, 4) is 6.07 Å². The number of urea groups is 1. The molecule has 0 aliphatic carbocycles. The summed E-state index contributed by atoms with van der Waals surface area (Å²) in [6, 6.07) is 24.5. The molecule has 0 heterocycles. The van der Waals surface area contributed by atoms with Crippen molar-refractivity contribution in [3.63, 3.8) is 0 Å². The summed E-state index contributed by atoms with van der Waals surface area (Å²) in [5.74, 6) is -0.218. The molecule has 3 aromatic rings. The Kier molecular flexibility index (Phi) is 6.01. The molecule has 3 aromatic carbocycles. The van der Waals surface area contributed by atoms with Gasteiger partial charge in [0.1, 0.15) is 0 Å². The monoisotopic (exact) mass is 370 g/mol. The topological polar surface area (TPSA) is 94.0 Å². The molecule has 0 atom stereocenters. The summed E-state index contributed by atoms with van der Waals surface area (Å²) in [6.07, 6.45) is 0. The van der Waals surface area contributed by atoms with Gasteiger partial charge in [0.25, 0.3) is 5.91 Å². The zero-order valence-electron chi connectivity index (χ0n) is 15.0. The molecule has 6 heteroatoms. The summed E-state index contributed by atoms with van der Waals surface area (Å²) in [6.45, 7) is 0.365. The first-order chi connectivity index (χ1) is 13.6. The van der Waals surface area contributed by atoms with Gasteiger partial charge in [-0.25, -0.2) is 4.79 Å². The van der Waals surface area contributed by atoms with Crippen LogP contribution in [0, 0.1) is 11.3 Å².